The highest BCUT2D eigenvalue weighted by Crippen LogP contribution is 2.16. The molecule has 2 heterocycles. The Bertz CT molecular complexity index is 814. The molecule has 0 spiro atoms. The molecule has 3 rings (SSSR count). The lowest BCUT2D eigenvalue weighted by Gasteiger charge is -2.08. The highest BCUT2D eigenvalue weighted by atomic mass is 16.1. The molecule has 2 aromatic heterocycles. The normalized spacial score (nSPS) is 11.4. The van der Waals surface area contributed by atoms with E-state index in [1.807, 2.05) is 38.1 Å². The summed E-state index contributed by atoms with van der Waals surface area (Å²) in [6, 6.07) is 7.77. The highest BCUT2D eigenvalue weighted by molar-refractivity contribution is 5.74. The molecule has 1 aromatic carbocycles. The SMILES string of the molecule is CC(C)c1c(N)nc(Cc2nc3ccccc3[nH]2)[nH]c1=O. The fourth-order valence-corrected chi connectivity index (χ4v) is 2.44. The summed E-state index contributed by atoms with van der Waals surface area (Å²) in [7, 11) is 0. The van der Waals surface area contributed by atoms with Gasteiger partial charge in [-0.1, -0.05) is 26.0 Å². The fourth-order valence-electron chi connectivity index (χ4n) is 2.44. The van der Waals surface area contributed by atoms with E-state index >= 15 is 0 Å². The molecule has 0 atom stereocenters. The standard InChI is InChI=1S/C15H17N5O/c1-8(2)13-14(16)19-12(20-15(13)21)7-11-17-9-5-3-4-6-10(9)18-11/h3-6,8H,7H2,1-2H3,(H,17,18)(H3,16,19,20,21). The average molecular weight is 283 g/mol. The van der Waals surface area contributed by atoms with E-state index in [1.54, 1.807) is 0 Å². The number of rotatable bonds is 3. The number of fused-ring (bicyclic) bond motifs is 1. The van der Waals surface area contributed by atoms with Crippen molar-refractivity contribution in [2.75, 3.05) is 5.73 Å². The van der Waals surface area contributed by atoms with Crippen molar-refractivity contribution in [3.8, 4) is 0 Å². The van der Waals surface area contributed by atoms with Crippen LogP contribution in [0.4, 0.5) is 5.82 Å². The molecule has 0 bridgehead atoms. The summed E-state index contributed by atoms with van der Waals surface area (Å²) in [5, 5.41) is 0. The lowest BCUT2D eigenvalue weighted by Crippen LogP contribution is -2.21. The second kappa shape index (κ2) is 5.05. The van der Waals surface area contributed by atoms with Gasteiger partial charge in [-0.15, -0.1) is 0 Å². The third kappa shape index (κ3) is 2.52. The van der Waals surface area contributed by atoms with Gasteiger partial charge in [0.2, 0.25) is 0 Å². The zero-order valence-corrected chi connectivity index (χ0v) is 12.0. The van der Waals surface area contributed by atoms with Gasteiger partial charge in [-0.25, -0.2) is 9.97 Å². The Morgan fingerprint density at radius 2 is 1.86 bits per heavy atom. The van der Waals surface area contributed by atoms with E-state index in [1.165, 1.54) is 0 Å². The van der Waals surface area contributed by atoms with Crippen molar-refractivity contribution in [3.05, 3.63) is 51.8 Å². The third-order valence-electron chi connectivity index (χ3n) is 3.38. The van der Waals surface area contributed by atoms with Crippen molar-refractivity contribution in [3.63, 3.8) is 0 Å². The summed E-state index contributed by atoms with van der Waals surface area (Å²) in [5.74, 6) is 1.60. The molecule has 0 radical (unpaired) electrons. The van der Waals surface area contributed by atoms with Gasteiger partial charge in [0.15, 0.2) is 0 Å². The number of benzene rings is 1. The minimum absolute atomic E-state index is 0.0431. The van der Waals surface area contributed by atoms with Crippen LogP contribution in [0.2, 0.25) is 0 Å². The number of hydrogen-bond donors (Lipinski definition) is 3. The van der Waals surface area contributed by atoms with Crippen molar-refractivity contribution < 1.29 is 0 Å². The van der Waals surface area contributed by atoms with Crippen LogP contribution in [0.25, 0.3) is 11.0 Å². The van der Waals surface area contributed by atoms with Gasteiger partial charge in [0.25, 0.3) is 5.56 Å². The number of nitrogens with two attached hydrogens (primary N) is 1. The van der Waals surface area contributed by atoms with Gasteiger partial charge in [-0.05, 0) is 18.1 Å². The van der Waals surface area contributed by atoms with Crippen LogP contribution in [0.1, 0.15) is 37.0 Å². The monoisotopic (exact) mass is 283 g/mol. The van der Waals surface area contributed by atoms with Crippen LogP contribution in [0, 0.1) is 0 Å². The maximum absolute atomic E-state index is 12.1. The molecule has 0 aliphatic rings. The molecular formula is C15H17N5O. The molecule has 4 N–H and O–H groups in total. The Labute approximate surface area is 121 Å². The molecular weight excluding hydrogens is 266 g/mol. The van der Waals surface area contributed by atoms with Crippen LogP contribution < -0.4 is 11.3 Å². The van der Waals surface area contributed by atoms with Crippen LogP contribution in [-0.2, 0) is 6.42 Å². The molecule has 108 valence electrons. The van der Waals surface area contributed by atoms with E-state index in [-0.39, 0.29) is 11.5 Å². The van der Waals surface area contributed by atoms with Gasteiger partial charge >= 0.3 is 0 Å². The first kappa shape index (κ1) is 13.4. The lowest BCUT2D eigenvalue weighted by atomic mass is 10.1. The smallest absolute Gasteiger partial charge is 0.256 e. The number of aromatic nitrogens is 4. The quantitative estimate of drug-likeness (QED) is 0.683. The first-order chi connectivity index (χ1) is 10.0. The van der Waals surface area contributed by atoms with Crippen LogP contribution in [0.15, 0.2) is 29.1 Å². The molecule has 3 aromatic rings. The minimum atomic E-state index is -0.177. The molecule has 0 saturated carbocycles. The number of nitrogen functional groups attached to an aromatic ring is 1. The average Bonchev–Trinajstić information content (AvgIpc) is 2.79. The van der Waals surface area contributed by atoms with E-state index in [2.05, 4.69) is 19.9 Å². The summed E-state index contributed by atoms with van der Waals surface area (Å²) >= 11 is 0. The molecule has 6 nitrogen and oxygen atoms in total. The Morgan fingerprint density at radius 3 is 2.52 bits per heavy atom. The first-order valence-corrected chi connectivity index (χ1v) is 6.87. The molecule has 0 fully saturated rings. The number of imidazole rings is 1. The van der Waals surface area contributed by atoms with Crippen LogP contribution >= 0.6 is 0 Å². The predicted molar refractivity (Wildman–Crippen MR) is 82.3 cm³/mol. The molecule has 0 amide bonds. The first-order valence-electron chi connectivity index (χ1n) is 6.87. The van der Waals surface area contributed by atoms with Gasteiger partial charge in [-0.2, -0.15) is 0 Å². The summed E-state index contributed by atoms with van der Waals surface area (Å²) in [4.78, 5) is 26.8. The third-order valence-corrected chi connectivity index (χ3v) is 3.38. The Balaban J connectivity index is 1.96. The molecule has 0 aliphatic heterocycles. The van der Waals surface area contributed by atoms with Crippen LogP contribution in [0.3, 0.4) is 0 Å². The van der Waals surface area contributed by atoms with E-state index in [9.17, 15) is 4.79 Å². The highest BCUT2D eigenvalue weighted by Gasteiger charge is 2.13. The number of para-hydroxylation sites is 2. The largest absolute Gasteiger partial charge is 0.383 e. The van der Waals surface area contributed by atoms with Gasteiger partial charge in [0, 0.05) is 0 Å². The summed E-state index contributed by atoms with van der Waals surface area (Å²) in [5.41, 5.74) is 8.09. The Morgan fingerprint density at radius 1 is 1.14 bits per heavy atom. The van der Waals surface area contributed by atoms with E-state index in [0.29, 0.717) is 23.6 Å². The molecule has 0 aliphatic carbocycles. The van der Waals surface area contributed by atoms with Crippen molar-refractivity contribution in [2.45, 2.75) is 26.2 Å². The number of nitrogens with zero attached hydrogens (tertiary/aromatic N) is 2. The number of hydrogen-bond acceptors (Lipinski definition) is 4. The maximum Gasteiger partial charge on any atom is 0.256 e. The van der Waals surface area contributed by atoms with Crippen molar-refractivity contribution in [2.24, 2.45) is 0 Å². The molecule has 0 saturated heterocycles. The maximum atomic E-state index is 12.1. The second-order valence-electron chi connectivity index (χ2n) is 5.34. The number of anilines is 1. The lowest BCUT2D eigenvalue weighted by molar-refractivity contribution is 0.812. The fraction of sp³-hybridized carbons (Fsp3) is 0.267. The van der Waals surface area contributed by atoms with Crippen molar-refractivity contribution in [1.29, 1.82) is 0 Å². The molecule has 21 heavy (non-hydrogen) atoms. The number of nitrogens with one attached hydrogen (secondary N) is 2. The second-order valence-corrected chi connectivity index (χ2v) is 5.34. The van der Waals surface area contributed by atoms with Crippen LogP contribution in [-0.4, -0.2) is 19.9 Å². The number of aromatic amines is 2. The summed E-state index contributed by atoms with van der Waals surface area (Å²) in [6.45, 7) is 3.84. The van der Waals surface area contributed by atoms with Gasteiger partial charge in [-0.3, -0.25) is 4.79 Å². The minimum Gasteiger partial charge on any atom is -0.383 e. The zero-order valence-electron chi connectivity index (χ0n) is 12.0. The van der Waals surface area contributed by atoms with Gasteiger partial charge in [0.1, 0.15) is 17.5 Å². The number of H-pyrrole nitrogens is 2. The summed E-state index contributed by atoms with van der Waals surface area (Å²) < 4.78 is 0. The van der Waals surface area contributed by atoms with Crippen molar-refractivity contribution >= 4 is 16.9 Å². The predicted octanol–water partition coefficient (Wildman–Crippen LogP) is 1.94. The van der Waals surface area contributed by atoms with E-state index in [0.717, 1.165) is 16.9 Å². The molecule has 6 heteroatoms. The Hall–Kier alpha value is -2.63. The summed E-state index contributed by atoms with van der Waals surface area (Å²) in [6.07, 6.45) is 0.409. The van der Waals surface area contributed by atoms with Crippen molar-refractivity contribution in [1.82, 2.24) is 19.9 Å². The Kier molecular flexibility index (Phi) is 3.21. The van der Waals surface area contributed by atoms with Gasteiger partial charge < -0.3 is 15.7 Å². The van der Waals surface area contributed by atoms with E-state index in [4.69, 9.17) is 5.73 Å². The molecule has 0 unspecified atom stereocenters. The van der Waals surface area contributed by atoms with Gasteiger partial charge in [0.05, 0.1) is 23.0 Å². The van der Waals surface area contributed by atoms with Crippen LogP contribution in [0.5, 0.6) is 0 Å². The topological polar surface area (TPSA) is 100 Å². The van der Waals surface area contributed by atoms with E-state index < -0.39 is 0 Å². The zero-order chi connectivity index (χ0) is 15.0.